The van der Waals surface area contributed by atoms with Crippen molar-refractivity contribution in [1.82, 2.24) is 5.32 Å². The van der Waals surface area contributed by atoms with Crippen molar-refractivity contribution in [2.45, 2.75) is 13.8 Å². The zero-order valence-corrected chi connectivity index (χ0v) is 10.2. The van der Waals surface area contributed by atoms with Gasteiger partial charge in [0, 0.05) is 43.0 Å². The Kier molecular flexibility index (Phi) is 3.28. The minimum Gasteiger partial charge on any atom is -0.369 e. The molecule has 5 nitrogen and oxygen atoms in total. The van der Waals surface area contributed by atoms with Crippen LogP contribution in [0.5, 0.6) is 0 Å². The third-order valence-electron chi connectivity index (χ3n) is 3.14. The second-order valence-corrected chi connectivity index (χ2v) is 4.42. The van der Waals surface area contributed by atoms with Crippen LogP contribution < -0.4 is 10.2 Å². The molecule has 0 saturated carbocycles. The van der Waals surface area contributed by atoms with Crippen LogP contribution in [0.25, 0.3) is 0 Å². The number of rotatable bonds is 2. The van der Waals surface area contributed by atoms with Crippen LogP contribution in [0.1, 0.15) is 11.1 Å². The van der Waals surface area contributed by atoms with Gasteiger partial charge in [0.05, 0.1) is 4.92 Å². The van der Waals surface area contributed by atoms with Crippen LogP contribution in [0.15, 0.2) is 12.1 Å². The summed E-state index contributed by atoms with van der Waals surface area (Å²) in [5, 5.41) is 14.2. The van der Waals surface area contributed by atoms with Gasteiger partial charge in [0.25, 0.3) is 5.69 Å². The highest BCUT2D eigenvalue weighted by molar-refractivity contribution is 5.59. The lowest BCUT2D eigenvalue weighted by Gasteiger charge is -2.29. The fraction of sp³-hybridized carbons (Fsp3) is 0.500. The third kappa shape index (κ3) is 2.39. The fourth-order valence-corrected chi connectivity index (χ4v) is 2.33. The SMILES string of the molecule is Cc1cc(N2CCNCC2)cc(C)c1[N+](=O)[O-]. The van der Waals surface area contributed by atoms with E-state index >= 15 is 0 Å². The van der Waals surface area contributed by atoms with Crippen LogP contribution in [-0.2, 0) is 0 Å². The molecular formula is C12H17N3O2. The molecule has 5 heteroatoms. The maximum Gasteiger partial charge on any atom is 0.275 e. The predicted molar refractivity (Wildman–Crippen MR) is 67.7 cm³/mol. The summed E-state index contributed by atoms with van der Waals surface area (Å²) in [4.78, 5) is 12.9. The molecule has 0 atom stereocenters. The summed E-state index contributed by atoms with van der Waals surface area (Å²) in [6.45, 7) is 7.45. The number of nitrogens with one attached hydrogen (secondary N) is 1. The molecule has 1 aliphatic heterocycles. The molecule has 1 saturated heterocycles. The first-order chi connectivity index (χ1) is 8.09. The molecule has 0 bridgehead atoms. The Morgan fingerprint density at radius 1 is 1.24 bits per heavy atom. The van der Waals surface area contributed by atoms with E-state index in [2.05, 4.69) is 10.2 Å². The number of aryl methyl sites for hydroxylation is 2. The van der Waals surface area contributed by atoms with Crippen LogP contribution in [0.2, 0.25) is 0 Å². The Morgan fingerprint density at radius 3 is 2.24 bits per heavy atom. The smallest absolute Gasteiger partial charge is 0.275 e. The van der Waals surface area contributed by atoms with Crippen molar-refractivity contribution >= 4 is 11.4 Å². The predicted octanol–water partition coefficient (Wildman–Crippen LogP) is 1.62. The van der Waals surface area contributed by atoms with Crippen molar-refractivity contribution in [1.29, 1.82) is 0 Å². The number of nitro groups is 1. The van der Waals surface area contributed by atoms with E-state index in [1.165, 1.54) is 0 Å². The Morgan fingerprint density at radius 2 is 1.76 bits per heavy atom. The molecule has 1 fully saturated rings. The molecule has 2 rings (SSSR count). The van der Waals surface area contributed by atoms with Gasteiger partial charge < -0.3 is 10.2 Å². The minimum atomic E-state index is -0.299. The highest BCUT2D eigenvalue weighted by Crippen LogP contribution is 2.28. The molecule has 92 valence electrons. The van der Waals surface area contributed by atoms with Gasteiger partial charge in [-0.2, -0.15) is 0 Å². The molecule has 0 unspecified atom stereocenters. The number of hydrogen-bond donors (Lipinski definition) is 1. The van der Waals surface area contributed by atoms with Crippen LogP contribution >= 0.6 is 0 Å². The normalized spacial score (nSPS) is 16.0. The maximum atomic E-state index is 10.9. The quantitative estimate of drug-likeness (QED) is 0.625. The number of anilines is 1. The van der Waals surface area contributed by atoms with Gasteiger partial charge in [0.15, 0.2) is 0 Å². The molecular weight excluding hydrogens is 218 g/mol. The fourth-order valence-electron chi connectivity index (χ4n) is 2.33. The van der Waals surface area contributed by atoms with Crippen molar-refractivity contribution < 1.29 is 4.92 Å². The molecule has 0 spiro atoms. The van der Waals surface area contributed by atoms with E-state index in [4.69, 9.17) is 0 Å². The second kappa shape index (κ2) is 4.71. The zero-order valence-electron chi connectivity index (χ0n) is 10.2. The van der Waals surface area contributed by atoms with Crippen LogP contribution in [0.3, 0.4) is 0 Å². The Hall–Kier alpha value is -1.62. The summed E-state index contributed by atoms with van der Waals surface area (Å²) in [5.41, 5.74) is 2.81. The molecule has 1 aliphatic rings. The largest absolute Gasteiger partial charge is 0.369 e. The van der Waals surface area contributed by atoms with Gasteiger partial charge in [0.2, 0.25) is 0 Å². The number of hydrogen-bond acceptors (Lipinski definition) is 4. The molecule has 0 amide bonds. The molecule has 1 heterocycles. The summed E-state index contributed by atoms with van der Waals surface area (Å²) in [6.07, 6.45) is 0. The maximum absolute atomic E-state index is 10.9. The van der Waals surface area contributed by atoms with Crippen LogP contribution in [0, 0.1) is 24.0 Å². The van der Waals surface area contributed by atoms with Crippen molar-refractivity contribution in [3.8, 4) is 0 Å². The average molecular weight is 235 g/mol. The standard InChI is InChI=1S/C12H17N3O2/c1-9-7-11(14-5-3-13-4-6-14)8-10(2)12(9)15(16)17/h7-8,13H,3-6H2,1-2H3. The van der Waals surface area contributed by atoms with Gasteiger partial charge in [-0.15, -0.1) is 0 Å². The lowest BCUT2D eigenvalue weighted by Crippen LogP contribution is -2.43. The van der Waals surface area contributed by atoms with Gasteiger partial charge in [-0.25, -0.2) is 0 Å². The first kappa shape index (κ1) is 11.9. The Bertz CT molecular complexity index is 416. The van der Waals surface area contributed by atoms with Gasteiger partial charge in [-0.1, -0.05) is 0 Å². The number of piperazine rings is 1. The van der Waals surface area contributed by atoms with Gasteiger partial charge in [-0.05, 0) is 26.0 Å². The van der Waals surface area contributed by atoms with Crippen LogP contribution in [-0.4, -0.2) is 31.1 Å². The number of nitro benzene ring substituents is 1. The van der Waals surface area contributed by atoms with Gasteiger partial charge in [-0.3, -0.25) is 10.1 Å². The highest BCUT2D eigenvalue weighted by atomic mass is 16.6. The van der Waals surface area contributed by atoms with E-state index in [0.29, 0.717) is 0 Å². The summed E-state index contributed by atoms with van der Waals surface area (Å²) in [5.74, 6) is 0. The number of benzene rings is 1. The Labute approximate surface area is 101 Å². The van der Waals surface area contributed by atoms with E-state index < -0.39 is 0 Å². The molecule has 0 aromatic heterocycles. The second-order valence-electron chi connectivity index (χ2n) is 4.42. The van der Waals surface area contributed by atoms with Crippen molar-refractivity contribution in [3.63, 3.8) is 0 Å². The van der Waals surface area contributed by atoms with Gasteiger partial charge >= 0.3 is 0 Å². The lowest BCUT2D eigenvalue weighted by molar-refractivity contribution is -0.386. The molecule has 17 heavy (non-hydrogen) atoms. The molecule has 0 aliphatic carbocycles. The zero-order chi connectivity index (χ0) is 12.4. The van der Waals surface area contributed by atoms with E-state index in [1.807, 2.05) is 12.1 Å². The molecule has 1 N–H and O–H groups in total. The number of nitrogens with zero attached hydrogens (tertiary/aromatic N) is 2. The first-order valence-electron chi connectivity index (χ1n) is 5.81. The van der Waals surface area contributed by atoms with Gasteiger partial charge in [0.1, 0.15) is 0 Å². The summed E-state index contributed by atoms with van der Waals surface area (Å²) < 4.78 is 0. The highest BCUT2D eigenvalue weighted by Gasteiger charge is 2.18. The van der Waals surface area contributed by atoms with Crippen LogP contribution in [0.4, 0.5) is 11.4 Å². The summed E-state index contributed by atoms with van der Waals surface area (Å²) in [7, 11) is 0. The first-order valence-corrected chi connectivity index (χ1v) is 5.81. The molecule has 0 radical (unpaired) electrons. The van der Waals surface area contributed by atoms with Crippen molar-refractivity contribution in [3.05, 3.63) is 33.4 Å². The minimum absolute atomic E-state index is 0.240. The lowest BCUT2D eigenvalue weighted by atomic mass is 10.1. The monoisotopic (exact) mass is 235 g/mol. The molecule has 1 aromatic rings. The van der Waals surface area contributed by atoms with E-state index in [9.17, 15) is 10.1 Å². The van der Waals surface area contributed by atoms with Crippen molar-refractivity contribution in [2.75, 3.05) is 31.1 Å². The topological polar surface area (TPSA) is 58.4 Å². The van der Waals surface area contributed by atoms with Crippen molar-refractivity contribution in [2.24, 2.45) is 0 Å². The van der Waals surface area contributed by atoms with E-state index in [-0.39, 0.29) is 10.6 Å². The summed E-state index contributed by atoms with van der Waals surface area (Å²) >= 11 is 0. The van der Waals surface area contributed by atoms with E-state index in [1.54, 1.807) is 13.8 Å². The average Bonchev–Trinajstić information content (AvgIpc) is 2.28. The third-order valence-corrected chi connectivity index (χ3v) is 3.14. The Balaban J connectivity index is 2.34. The van der Waals surface area contributed by atoms with E-state index in [0.717, 1.165) is 43.0 Å². The molecule has 1 aromatic carbocycles. The summed E-state index contributed by atoms with van der Waals surface area (Å²) in [6, 6.07) is 3.83.